The summed E-state index contributed by atoms with van der Waals surface area (Å²) in [6.07, 6.45) is 12.7. The maximum Gasteiger partial charge on any atom is 0.174 e. The molecule has 0 aliphatic heterocycles. The quantitative estimate of drug-likeness (QED) is 0.0301. The molecule has 0 spiro atoms. The van der Waals surface area contributed by atoms with Gasteiger partial charge in [0.15, 0.2) is 12.6 Å². The lowest BCUT2D eigenvalue weighted by atomic mass is 9.69. The summed E-state index contributed by atoms with van der Waals surface area (Å²) in [5.74, 6) is 0.969. The van der Waals surface area contributed by atoms with Crippen molar-refractivity contribution in [3.05, 3.63) is 190 Å². The highest BCUT2D eigenvalue weighted by Gasteiger charge is 2.46. The minimum atomic E-state index is -0.479. The van der Waals surface area contributed by atoms with Crippen LogP contribution >= 0.6 is 44.3 Å². The molecule has 0 saturated heterocycles. The molecule has 0 amide bonds. The largest absolute Gasteiger partial charge is 0.351 e. The summed E-state index contributed by atoms with van der Waals surface area (Å²) in [7, 11) is 3.72. The molecule has 8 aromatic rings. The van der Waals surface area contributed by atoms with E-state index < -0.39 is 12.6 Å². The van der Waals surface area contributed by atoms with Gasteiger partial charge in [0.2, 0.25) is 0 Å². The minimum Gasteiger partial charge on any atom is -0.351 e. The van der Waals surface area contributed by atoms with Gasteiger partial charge in [-0.2, -0.15) is 0 Å². The van der Waals surface area contributed by atoms with Gasteiger partial charge in [-0.3, -0.25) is 0 Å². The van der Waals surface area contributed by atoms with E-state index in [1.54, 1.807) is 0 Å². The third-order valence-electron chi connectivity index (χ3n) is 18.3. The fraction of sp³-hybridized carbons (Fsp3) is 0.450. The fourth-order valence-corrected chi connectivity index (χ4v) is 19.8. The summed E-state index contributed by atoms with van der Waals surface area (Å²) in [5, 5.41) is -0.325. The van der Waals surface area contributed by atoms with Gasteiger partial charge in [0, 0.05) is 56.8 Å². The van der Waals surface area contributed by atoms with Gasteiger partial charge in [-0.1, -0.05) is 212 Å². The number of ether oxygens (including phenoxy) is 4. The molecule has 0 saturated carbocycles. The maximum absolute atomic E-state index is 6.71. The van der Waals surface area contributed by atoms with E-state index in [1.807, 2.05) is 44.3 Å². The van der Waals surface area contributed by atoms with Crippen molar-refractivity contribution in [1.82, 2.24) is 0 Å². The Balaban J connectivity index is 1.01. The molecule has 0 radical (unpaired) electrons. The number of aryl methyl sites for hydroxylation is 2. The SMILES string of the molecule is CCCCc1ccc(-c2ccc(-c3ccc4c(c3)C(CCC)(CC(C)C)c3cc(C(SSC(c5ccc6c(c5)C(CCC)(CC(C)C)c5cc(-c7ccc(-c8ccc(CCCC)cc8)s7)ccc5-6)C(OCC)OCC)C(OCC)OCC)ccc3-4)s2)cc1. The van der Waals surface area contributed by atoms with Crippen molar-refractivity contribution in [1.29, 1.82) is 0 Å². The predicted octanol–water partition coefficient (Wildman–Crippen LogP) is 24.4. The van der Waals surface area contributed by atoms with Crippen LogP contribution in [-0.4, -0.2) is 39.0 Å². The first-order chi connectivity index (χ1) is 42.8. The van der Waals surface area contributed by atoms with E-state index in [0.717, 1.165) is 51.4 Å². The Kier molecular flexibility index (Phi) is 23.0. The third kappa shape index (κ3) is 14.2. The summed E-state index contributed by atoms with van der Waals surface area (Å²) in [4.78, 5) is 5.27. The second-order valence-electron chi connectivity index (χ2n) is 25.5. The maximum atomic E-state index is 6.71. The van der Waals surface area contributed by atoms with Gasteiger partial charge in [-0.15, -0.1) is 22.7 Å². The Bertz CT molecular complexity index is 3290. The van der Waals surface area contributed by atoms with E-state index in [1.165, 1.54) is 134 Å². The molecule has 0 N–H and O–H groups in total. The predicted molar refractivity (Wildman–Crippen MR) is 384 cm³/mol. The normalized spacial score (nSPS) is 16.7. The molecule has 4 unspecified atom stereocenters. The summed E-state index contributed by atoms with van der Waals surface area (Å²) < 4.78 is 26.8. The van der Waals surface area contributed by atoms with E-state index in [9.17, 15) is 0 Å². The van der Waals surface area contributed by atoms with Gasteiger partial charge in [0.25, 0.3) is 0 Å². The second-order valence-corrected chi connectivity index (χ2v) is 30.2. The average molecular weight is 1250 g/mol. The molecule has 4 atom stereocenters. The molecule has 0 fully saturated rings. The molecule has 6 aromatic carbocycles. The van der Waals surface area contributed by atoms with Crippen LogP contribution in [0.3, 0.4) is 0 Å². The van der Waals surface area contributed by atoms with Gasteiger partial charge >= 0.3 is 0 Å². The van der Waals surface area contributed by atoms with Gasteiger partial charge < -0.3 is 18.9 Å². The fourth-order valence-electron chi connectivity index (χ4n) is 14.6. The van der Waals surface area contributed by atoms with Crippen molar-refractivity contribution in [3.8, 4) is 64.0 Å². The van der Waals surface area contributed by atoms with Crippen molar-refractivity contribution in [2.24, 2.45) is 11.8 Å². The zero-order chi connectivity index (χ0) is 62.0. The van der Waals surface area contributed by atoms with Crippen LogP contribution in [0.15, 0.2) is 146 Å². The number of benzene rings is 6. The number of hydrogen-bond donors (Lipinski definition) is 0. The molecular formula is C80H98O4S4. The summed E-state index contributed by atoms with van der Waals surface area (Å²) in [6, 6.07) is 57.3. The highest BCUT2D eigenvalue weighted by Crippen LogP contribution is 2.60. The third-order valence-corrected chi connectivity index (χ3v) is 23.7. The Morgan fingerprint density at radius 1 is 0.364 bits per heavy atom. The molecule has 0 bridgehead atoms. The van der Waals surface area contributed by atoms with Crippen LogP contribution in [0.2, 0.25) is 0 Å². The molecule has 4 nitrogen and oxygen atoms in total. The highest BCUT2D eigenvalue weighted by atomic mass is 33.1. The van der Waals surface area contributed by atoms with Crippen LogP contribution in [0.25, 0.3) is 64.0 Å². The van der Waals surface area contributed by atoms with E-state index in [-0.39, 0.29) is 21.3 Å². The van der Waals surface area contributed by atoms with E-state index in [4.69, 9.17) is 18.9 Å². The molecule has 2 aromatic heterocycles. The van der Waals surface area contributed by atoms with Crippen molar-refractivity contribution in [3.63, 3.8) is 0 Å². The second kappa shape index (κ2) is 30.6. The van der Waals surface area contributed by atoms with E-state index in [2.05, 4.69) is 229 Å². The summed E-state index contributed by atoms with van der Waals surface area (Å²) in [5.41, 5.74) is 21.4. The summed E-state index contributed by atoms with van der Waals surface area (Å²) >= 11 is 3.82. The number of rotatable bonds is 33. The molecule has 8 heteroatoms. The molecule has 466 valence electrons. The lowest BCUT2D eigenvalue weighted by Gasteiger charge is -2.36. The van der Waals surface area contributed by atoms with E-state index >= 15 is 0 Å². The Labute approximate surface area is 545 Å². The monoisotopic (exact) mass is 1250 g/mol. The minimum absolute atomic E-state index is 0.155. The first-order valence-corrected chi connectivity index (χ1v) is 37.5. The van der Waals surface area contributed by atoms with Gasteiger partial charge in [-0.25, -0.2) is 0 Å². The standard InChI is InChI=1S/C80H98O4S4/c1-13-21-23-55-25-29-57(30-26-55)71-41-43-73(85-71)59-33-37-63-65-39-35-61(49-69(65)79(45-15-3,51-53(9)10)67(63)47-59)75(77(81-17-5)82-18-6)87-88-76(78(83-19-7)84-20-8)62-36-40-66-64-38-34-60(48-68(64)80(46-16-4,52-54(11)12)70(66)50-62)74-44-42-72(86-74)58-31-27-56(28-32-58)24-22-14-2/h25-44,47-50,53-54,75-78H,13-24,45-46,51-52H2,1-12H3. The highest BCUT2D eigenvalue weighted by molar-refractivity contribution is 8.76. The lowest BCUT2D eigenvalue weighted by molar-refractivity contribution is -0.137. The first-order valence-electron chi connectivity index (χ1n) is 33.6. The number of fused-ring (bicyclic) bond motifs is 6. The van der Waals surface area contributed by atoms with Crippen molar-refractivity contribution in [2.45, 2.75) is 194 Å². The van der Waals surface area contributed by atoms with Crippen LogP contribution in [0, 0.1) is 11.8 Å². The molecule has 2 heterocycles. The van der Waals surface area contributed by atoms with Gasteiger partial charge in [-0.05, 0) is 216 Å². The lowest BCUT2D eigenvalue weighted by Crippen LogP contribution is -2.29. The Morgan fingerprint density at radius 2 is 0.682 bits per heavy atom. The number of unbranched alkanes of at least 4 members (excludes halogenated alkanes) is 2. The summed E-state index contributed by atoms with van der Waals surface area (Å²) in [6.45, 7) is 29.4. The number of thiophene rings is 2. The van der Waals surface area contributed by atoms with Crippen LogP contribution in [0.1, 0.15) is 202 Å². The van der Waals surface area contributed by atoms with Gasteiger partial charge in [0.05, 0.1) is 10.5 Å². The van der Waals surface area contributed by atoms with Crippen molar-refractivity contribution in [2.75, 3.05) is 26.4 Å². The Morgan fingerprint density at radius 3 is 1.00 bits per heavy atom. The van der Waals surface area contributed by atoms with Crippen LogP contribution in [0.4, 0.5) is 0 Å². The average Bonchev–Trinajstić information content (AvgIpc) is 1.58. The topological polar surface area (TPSA) is 36.9 Å². The molecule has 2 aliphatic rings. The van der Waals surface area contributed by atoms with Crippen LogP contribution in [0.5, 0.6) is 0 Å². The van der Waals surface area contributed by atoms with E-state index in [0.29, 0.717) is 38.3 Å². The van der Waals surface area contributed by atoms with Crippen LogP contribution < -0.4 is 0 Å². The molecule has 10 rings (SSSR count). The smallest absolute Gasteiger partial charge is 0.174 e. The number of hydrogen-bond acceptors (Lipinski definition) is 8. The first kappa shape index (κ1) is 66.2. The zero-order valence-corrected chi connectivity index (χ0v) is 58.2. The molecule has 2 aliphatic carbocycles. The van der Waals surface area contributed by atoms with Crippen molar-refractivity contribution < 1.29 is 18.9 Å². The zero-order valence-electron chi connectivity index (χ0n) is 54.9. The van der Waals surface area contributed by atoms with Crippen molar-refractivity contribution >= 4 is 44.3 Å². The molecular weight excluding hydrogens is 1150 g/mol. The van der Waals surface area contributed by atoms with Crippen LogP contribution in [-0.2, 0) is 42.6 Å². The van der Waals surface area contributed by atoms with Gasteiger partial charge in [0.1, 0.15) is 0 Å². The molecule has 88 heavy (non-hydrogen) atoms. The Hall–Kier alpha value is -4.74.